The molecule has 2 fully saturated rings. The quantitative estimate of drug-likeness (QED) is 0.826. The first-order valence-corrected chi connectivity index (χ1v) is 6.62. The zero-order valence-electron chi connectivity index (χ0n) is 10.1. The van der Waals surface area contributed by atoms with Gasteiger partial charge in [-0.25, -0.2) is 0 Å². The van der Waals surface area contributed by atoms with Gasteiger partial charge in [0.2, 0.25) is 0 Å². The predicted octanol–water partition coefficient (Wildman–Crippen LogP) is 3.15. The van der Waals surface area contributed by atoms with E-state index in [0.717, 1.165) is 5.76 Å². The summed E-state index contributed by atoms with van der Waals surface area (Å²) in [6.07, 6.45) is 7.97. The number of hydrogen-bond acceptors (Lipinski definition) is 2. The Morgan fingerprint density at radius 3 is 2.62 bits per heavy atom. The lowest BCUT2D eigenvalue weighted by Gasteiger charge is -2.33. The molecule has 1 saturated heterocycles. The molecule has 88 valence electrons. The van der Waals surface area contributed by atoms with Crippen LogP contribution in [0.25, 0.3) is 0 Å². The van der Waals surface area contributed by atoms with Crippen molar-refractivity contribution in [2.75, 3.05) is 6.54 Å². The fourth-order valence-corrected chi connectivity index (χ4v) is 3.63. The van der Waals surface area contributed by atoms with Crippen LogP contribution < -0.4 is 5.32 Å². The minimum Gasteiger partial charge on any atom is -0.466 e. The maximum atomic E-state index is 5.94. The second kappa shape index (κ2) is 3.92. The molecule has 0 radical (unpaired) electrons. The van der Waals surface area contributed by atoms with Gasteiger partial charge in [0.05, 0.1) is 0 Å². The van der Waals surface area contributed by atoms with Crippen LogP contribution in [0, 0.1) is 6.92 Å². The predicted molar refractivity (Wildman–Crippen MR) is 64.6 cm³/mol. The lowest BCUT2D eigenvalue weighted by atomic mass is 9.75. The highest BCUT2D eigenvalue weighted by atomic mass is 16.3. The van der Waals surface area contributed by atoms with Gasteiger partial charge in [0.15, 0.2) is 0 Å². The maximum Gasteiger partial charge on any atom is 0.111 e. The number of hydrogen-bond donors (Lipinski definition) is 1. The highest BCUT2D eigenvalue weighted by molar-refractivity contribution is 5.22. The van der Waals surface area contributed by atoms with Crippen molar-refractivity contribution >= 4 is 0 Å². The molecule has 1 unspecified atom stereocenters. The minimum atomic E-state index is 0.310. The molecule has 2 heteroatoms. The third kappa shape index (κ3) is 1.51. The van der Waals surface area contributed by atoms with Crippen molar-refractivity contribution < 1.29 is 4.42 Å². The Balaban J connectivity index is 1.95. The van der Waals surface area contributed by atoms with Gasteiger partial charge in [-0.3, -0.25) is 0 Å². The first kappa shape index (κ1) is 10.4. The molecular weight excluding hydrogens is 198 g/mol. The lowest BCUT2D eigenvalue weighted by Crippen LogP contribution is -2.43. The smallest absolute Gasteiger partial charge is 0.111 e. The highest BCUT2D eigenvalue weighted by Crippen LogP contribution is 2.46. The molecule has 0 aromatic carbocycles. The van der Waals surface area contributed by atoms with Crippen molar-refractivity contribution in [1.82, 2.24) is 5.32 Å². The molecule has 1 saturated carbocycles. The average Bonchev–Trinajstić information content (AvgIpc) is 2.98. The van der Waals surface area contributed by atoms with Gasteiger partial charge in [0.1, 0.15) is 11.5 Å². The topological polar surface area (TPSA) is 25.2 Å². The van der Waals surface area contributed by atoms with Crippen LogP contribution in [-0.4, -0.2) is 12.6 Å². The van der Waals surface area contributed by atoms with E-state index in [-0.39, 0.29) is 0 Å². The fraction of sp³-hybridized carbons (Fsp3) is 0.714. The van der Waals surface area contributed by atoms with E-state index >= 15 is 0 Å². The maximum absolute atomic E-state index is 5.94. The van der Waals surface area contributed by atoms with Crippen LogP contribution in [0.4, 0.5) is 0 Å². The van der Waals surface area contributed by atoms with E-state index in [1.165, 1.54) is 50.8 Å². The molecule has 1 aromatic heterocycles. The summed E-state index contributed by atoms with van der Waals surface area (Å²) in [6, 6.07) is 4.98. The van der Waals surface area contributed by atoms with Crippen LogP contribution in [0.2, 0.25) is 0 Å². The van der Waals surface area contributed by atoms with Gasteiger partial charge < -0.3 is 9.73 Å². The summed E-state index contributed by atoms with van der Waals surface area (Å²) in [5.41, 5.74) is 0.310. The minimum absolute atomic E-state index is 0.310. The molecule has 3 rings (SSSR count). The van der Waals surface area contributed by atoms with Gasteiger partial charge in [-0.2, -0.15) is 0 Å². The van der Waals surface area contributed by atoms with Crippen molar-refractivity contribution in [1.29, 1.82) is 0 Å². The second-order valence-electron chi connectivity index (χ2n) is 5.42. The standard InChI is InChI=1S/C14H21NO/c1-11-6-7-13(16-11)14(8-2-3-9-14)12-5-4-10-15-12/h6-7,12,15H,2-5,8-10H2,1H3. The molecular formula is C14H21NO. The van der Waals surface area contributed by atoms with E-state index in [4.69, 9.17) is 4.42 Å². The van der Waals surface area contributed by atoms with Crippen molar-refractivity contribution in [2.24, 2.45) is 0 Å². The van der Waals surface area contributed by atoms with Crippen molar-refractivity contribution in [3.63, 3.8) is 0 Å². The summed E-state index contributed by atoms with van der Waals surface area (Å²) in [4.78, 5) is 0. The van der Waals surface area contributed by atoms with E-state index in [9.17, 15) is 0 Å². The molecule has 0 spiro atoms. The van der Waals surface area contributed by atoms with E-state index in [2.05, 4.69) is 17.4 Å². The number of nitrogens with one attached hydrogen (secondary N) is 1. The first-order valence-electron chi connectivity index (χ1n) is 6.62. The van der Waals surface area contributed by atoms with E-state index in [0.29, 0.717) is 11.5 Å². The monoisotopic (exact) mass is 219 g/mol. The Kier molecular flexibility index (Phi) is 2.55. The Labute approximate surface area is 97.4 Å². The molecule has 2 nitrogen and oxygen atoms in total. The summed E-state index contributed by atoms with van der Waals surface area (Å²) in [5.74, 6) is 2.29. The van der Waals surface area contributed by atoms with Gasteiger partial charge in [0, 0.05) is 11.5 Å². The largest absolute Gasteiger partial charge is 0.466 e. The number of aryl methyl sites for hydroxylation is 1. The van der Waals surface area contributed by atoms with Crippen LogP contribution in [0.5, 0.6) is 0 Å². The molecule has 2 aliphatic rings. The summed E-state index contributed by atoms with van der Waals surface area (Å²) < 4.78 is 5.94. The van der Waals surface area contributed by atoms with Gasteiger partial charge in [-0.1, -0.05) is 12.8 Å². The first-order chi connectivity index (χ1) is 7.81. The van der Waals surface area contributed by atoms with Crippen LogP contribution in [-0.2, 0) is 5.41 Å². The molecule has 16 heavy (non-hydrogen) atoms. The summed E-state index contributed by atoms with van der Waals surface area (Å²) in [7, 11) is 0. The van der Waals surface area contributed by atoms with Crippen molar-refractivity contribution in [3.8, 4) is 0 Å². The zero-order valence-corrected chi connectivity index (χ0v) is 10.1. The summed E-state index contributed by atoms with van der Waals surface area (Å²) >= 11 is 0. The van der Waals surface area contributed by atoms with Crippen LogP contribution in [0.15, 0.2) is 16.5 Å². The van der Waals surface area contributed by atoms with E-state index in [1.54, 1.807) is 0 Å². The number of rotatable bonds is 2. The zero-order chi connectivity index (χ0) is 11.0. The Bertz CT molecular complexity index is 357. The lowest BCUT2D eigenvalue weighted by molar-refractivity contribution is 0.262. The molecule has 0 amide bonds. The Hall–Kier alpha value is -0.760. The third-order valence-corrected chi connectivity index (χ3v) is 4.45. The fourth-order valence-electron chi connectivity index (χ4n) is 3.63. The third-order valence-electron chi connectivity index (χ3n) is 4.45. The van der Waals surface area contributed by atoms with Crippen LogP contribution in [0.3, 0.4) is 0 Å². The molecule has 1 aliphatic carbocycles. The van der Waals surface area contributed by atoms with Crippen LogP contribution >= 0.6 is 0 Å². The average molecular weight is 219 g/mol. The number of furan rings is 1. The molecule has 1 aliphatic heterocycles. The summed E-state index contributed by atoms with van der Waals surface area (Å²) in [6.45, 7) is 3.24. The normalized spacial score (nSPS) is 28.7. The summed E-state index contributed by atoms with van der Waals surface area (Å²) in [5, 5.41) is 3.69. The van der Waals surface area contributed by atoms with Gasteiger partial charge in [-0.15, -0.1) is 0 Å². The highest BCUT2D eigenvalue weighted by Gasteiger charge is 2.45. The molecule has 1 N–H and O–H groups in total. The molecule has 0 bridgehead atoms. The SMILES string of the molecule is Cc1ccc(C2(C3CCCN3)CCCC2)o1. The van der Waals surface area contributed by atoms with Gasteiger partial charge >= 0.3 is 0 Å². The molecule has 1 aromatic rings. The van der Waals surface area contributed by atoms with Gasteiger partial charge in [0.25, 0.3) is 0 Å². The van der Waals surface area contributed by atoms with E-state index in [1.807, 2.05) is 6.92 Å². The second-order valence-corrected chi connectivity index (χ2v) is 5.42. The molecule has 1 atom stereocenters. The van der Waals surface area contributed by atoms with Crippen molar-refractivity contribution in [3.05, 3.63) is 23.7 Å². The Morgan fingerprint density at radius 2 is 2.06 bits per heavy atom. The van der Waals surface area contributed by atoms with Crippen molar-refractivity contribution in [2.45, 2.75) is 56.9 Å². The van der Waals surface area contributed by atoms with E-state index < -0.39 is 0 Å². The van der Waals surface area contributed by atoms with Crippen LogP contribution in [0.1, 0.15) is 50.0 Å². The Morgan fingerprint density at radius 1 is 1.25 bits per heavy atom. The molecule has 2 heterocycles. The van der Waals surface area contributed by atoms with Gasteiger partial charge in [-0.05, 0) is 51.3 Å².